The van der Waals surface area contributed by atoms with Crippen LogP contribution in [-0.2, 0) is 19.1 Å². The fourth-order valence-corrected chi connectivity index (χ4v) is 4.34. The first-order valence-electron chi connectivity index (χ1n) is 8.09. The molecule has 0 aromatic heterocycles. The maximum Gasteiger partial charge on any atom is 0.315 e. The molecule has 2 heterocycles. The molecule has 8 nitrogen and oxygen atoms in total. The van der Waals surface area contributed by atoms with Gasteiger partial charge in [-0.25, -0.2) is 4.79 Å². The summed E-state index contributed by atoms with van der Waals surface area (Å²) in [5.41, 5.74) is 0. The highest BCUT2D eigenvalue weighted by molar-refractivity contribution is 8.00. The molecule has 2 aliphatic rings. The zero-order valence-corrected chi connectivity index (χ0v) is 14.9. The van der Waals surface area contributed by atoms with Gasteiger partial charge in [0.05, 0.1) is 25.6 Å². The van der Waals surface area contributed by atoms with E-state index in [1.54, 1.807) is 11.9 Å². The SMILES string of the molecule is COC(=O)CCN(C)COC(=O)CCC[C@@H]1SC[C@@H]2NC(=O)N[C@@H]21. The van der Waals surface area contributed by atoms with E-state index in [1.165, 1.54) is 7.11 Å². The Morgan fingerprint density at radius 1 is 1.29 bits per heavy atom. The molecule has 0 spiro atoms. The lowest BCUT2D eigenvalue weighted by Crippen LogP contribution is -2.36. The second-order valence-electron chi connectivity index (χ2n) is 6.07. The molecule has 3 atom stereocenters. The first kappa shape index (κ1) is 18.9. The van der Waals surface area contributed by atoms with Gasteiger partial charge in [-0.05, 0) is 19.9 Å². The molecule has 2 N–H and O–H groups in total. The van der Waals surface area contributed by atoms with Crippen LogP contribution in [0.1, 0.15) is 25.7 Å². The van der Waals surface area contributed by atoms with Crippen LogP contribution in [0.15, 0.2) is 0 Å². The summed E-state index contributed by atoms with van der Waals surface area (Å²) in [6, 6.07) is 0.288. The van der Waals surface area contributed by atoms with Crippen LogP contribution in [0.3, 0.4) is 0 Å². The van der Waals surface area contributed by atoms with E-state index in [2.05, 4.69) is 15.4 Å². The summed E-state index contributed by atoms with van der Waals surface area (Å²) < 4.78 is 9.74. The lowest BCUT2D eigenvalue weighted by atomic mass is 10.0. The van der Waals surface area contributed by atoms with Gasteiger partial charge in [0, 0.05) is 24.0 Å². The molecule has 0 saturated carbocycles. The number of fused-ring (bicyclic) bond motifs is 1. The molecule has 9 heteroatoms. The van der Waals surface area contributed by atoms with Gasteiger partial charge in [0.25, 0.3) is 0 Å². The Balaban J connectivity index is 1.55. The van der Waals surface area contributed by atoms with Crippen LogP contribution in [0.4, 0.5) is 4.79 Å². The smallest absolute Gasteiger partial charge is 0.315 e. The Kier molecular flexibility index (Phi) is 7.16. The van der Waals surface area contributed by atoms with E-state index in [1.807, 2.05) is 11.8 Å². The van der Waals surface area contributed by atoms with Gasteiger partial charge >= 0.3 is 18.0 Å². The van der Waals surface area contributed by atoms with Gasteiger partial charge in [-0.3, -0.25) is 14.5 Å². The summed E-state index contributed by atoms with van der Waals surface area (Å²) in [6.45, 7) is 0.646. The first-order valence-corrected chi connectivity index (χ1v) is 9.14. The predicted molar refractivity (Wildman–Crippen MR) is 89.6 cm³/mol. The Bertz CT molecular complexity index is 476. The maximum absolute atomic E-state index is 11.8. The maximum atomic E-state index is 11.8. The van der Waals surface area contributed by atoms with Crippen molar-refractivity contribution < 1.29 is 23.9 Å². The molecule has 2 saturated heterocycles. The van der Waals surface area contributed by atoms with E-state index in [-0.39, 0.29) is 43.2 Å². The van der Waals surface area contributed by atoms with E-state index in [4.69, 9.17) is 4.74 Å². The summed E-state index contributed by atoms with van der Waals surface area (Å²) in [4.78, 5) is 35.9. The van der Waals surface area contributed by atoms with Crippen molar-refractivity contribution in [2.45, 2.75) is 43.0 Å². The molecule has 0 unspecified atom stereocenters. The molecule has 0 bridgehead atoms. The van der Waals surface area contributed by atoms with Crippen LogP contribution in [0.2, 0.25) is 0 Å². The Morgan fingerprint density at radius 2 is 2.08 bits per heavy atom. The van der Waals surface area contributed by atoms with E-state index in [9.17, 15) is 14.4 Å². The highest BCUT2D eigenvalue weighted by Crippen LogP contribution is 2.33. The largest absolute Gasteiger partial charge is 0.469 e. The molecule has 2 rings (SSSR count). The zero-order chi connectivity index (χ0) is 17.5. The monoisotopic (exact) mass is 359 g/mol. The number of amides is 2. The van der Waals surface area contributed by atoms with Crippen molar-refractivity contribution in [3.8, 4) is 0 Å². The van der Waals surface area contributed by atoms with Crippen molar-refractivity contribution >= 4 is 29.7 Å². The lowest BCUT2D eigenvalue weighted by molar-refractivity contribution is -0.148. The number of nitrogens with zero attached hydrogens (tertiary/aromatic N) is 1. The van der Waals surface area contributed by atoms with Crippen LogP contribution < -0.4 is 10.6 Å². The number of nitrogens with one attached hydrogen (secondary N) is 2. The molecule has 2 aliphatic heterocycles. The van der Waals surface area contributed by atoms with Gasteiger partial charge < -0.3 is 20.1 Å². The lowest BCUT2D eigenvalue weighted by Gasteiger charge is -2.17. The Labute approximate surface area is 146 Å². The summed E-state index contributed by atoms with van der Waals surface area (Å²) in [5, 5.41) is 6.19. The molecule has 2 fully saturated rings. The fourth-order valence-electron chi connectivity index (χ4n) is 2.79. The topological polar surface area (TPSA) is 97.0 Å². The number of ether oxygens (including phenoxy) is 2. The van der Waals surface area contributed by atoms with Crippen molar-refractivity contribution in [2.24, 2.45) is 0 Å². The molecular formula is C15H25N3O5S. The number of hydrogen-bond donors (Lipinski definition) is 2. The summed E-state index contributed by atoms with van der Waals surface area (Å²) in [7, 11) is 3.13. The van der Waals surface area contributed by atoms with Crippen LogP contribution in [0.5, 0.6) is 0 Å². The van der Waals surface area contributed by atoms with Gasteiger partial charge in [0.15, 0.2) is 0 Å². The minimum Gasteiger partial charge on any atom is -0.469 e. The predicted octanol–water partition coefficient (Wildman–Crippen LogP) is 0.318. The van der Waals surface area contributed by atoms with Crippen LogP contribution >= 0.6 is 11.8 Å². The second-order valence-corrected chi connectivity index (χ2v) is 7.34. The number of urea groups is 1. The average Bonchev–Trinajstić information content (AvgIpc) is 3.10. The molecule has 24 heavy (non-hydrogen) atoms. The highest BCUT2D eigenvalue weighted by atomic mass is 32.2. The van der Waals surface area contributed by atoms with Gasteiger partial charge in [-0.1, -0.05) is 0 Å². The minimum absolute atomic E-state index is 0.0929. The quantitative estimate of drug-likeness (QED) is 0.348. The number of thioether (sulfide) groups is 1. The van der Waals surface area contributed by atoms with Crippen molar-refractivity contribution in [3.63, 3.8) is 0 Å². The average molecular weight is 359 g/mol. The standard InChI is InChI=1S/C15H25N3O5S/c1-18(7-6-12(19)22-2)9-23-13(20)5-3-4-11-14-10(8-24-11)16-15(21)17-14/h10-11,14H,3-9H2,1-2H3,(H2,16,17,21)/t10-,11-,14-/m0/s1. The van der Waals surface area contributed by atoms with Gasteiger partial charge in [0.2, 0.25) is 0 Å². The van der Waals surface area contributed by atoms with E-state index < -0.39 is 0 Å². The zero-order valence-electron chi connectivity index (χ0n) is 14.1. The van der Waals surface area contributed by atoms with Crippen LogP contribution in [-0.4, -0.2) is 73.4 Å². The van der Waals surface area contributed by atoms with Crippen molar-refractivity contribution in [3.05, 3.63) is 0 Å². The van der Waals surface area contributed by atoms with Crippen molar-refractivity contribution in [2.75, 3.05) is 33.2 Å². The normalized spacial score (nSPS) is 25.1. The van der Waals surface area contributed by atoms with Crippen molar-refractivity contribution in [1.82, 2.24) is 15.5 Å². The number of carbonyl (C=O) groups excluding carboxylic acids is 3. The fraction of sp³-hybridized carbons (Fsp3) is 0.800. The molecule has 136 valence electrons. The van der Waals surface area contributed by atoms with E-state index in [0.717, 1.165) is 18.6 Å². The molecule has 0 aromatic rings. The highest BCUT2D eigenvalue weighted by Gasteiger charge is 2.42. The van der Waals surface area contributed by atoms with Crippen molar-refractivity contribution in [1.29, 1.82) is 0 Å². The second kappa shape index (κ2) is 9.12. The third kappa shape index (κ3) is 5.55. The Morgan fingerprint density at radius 3 is 2.83 bits per heavy atom. The molecule has 2 amide bonds. The van der Waals surface area contributed by atoms with E-state index in [0.29, 0.717) is 18.2 Å². The number of rotatable bonds is 9. The van der Waals surface area contributed by atoms with Gasteiger partial charge in [0.1, 0.15) is 6.73 Å². The summed E-state index contributed by atoms with van der Waals surface area (Å²) in [6.07, 6.45) is 2.25. The third-order valence-electron chi connectivity index (χ3n) is 4.18. The summed E-state index contributed by atoms with van der Waals surface area (Å²) in [5.74, 6) is 0.394. The van der Waals surface area contributed by atoms with E-state index >= 15 is 0 Å². The van der Waals surface area contributed by atoms with Gasteiger partial charge in [-0.2, -0.15) is 11.8 Å². The molecule has 0 aliphatic carbocycles. The number of methoxy groups -OCH3 is 1. The minimum atomic E-state index is -0.283. The number of carbonyl (C=O) groups is 3. The Hall–Kier alpha value is -1.48. The third-order valence-corrected chi connectivity index (χ3v) is 5.69. The number of esters is 2. The molecular weight excluding hydrogens is 334 g/mol. The number of hydrogen-bond acceptors (Lipinski definition) is 7. The molecule has 0 radical (unpaired) electrons. The summed E-state index contributed by atoms with van der Waals surface area (Å²) >= 11 is 1.84. The van der Waals surface area contributed by atoms with Crippen LogP contribution in [0.25, 0.3) is 0 Å². The molecule has 0 aromatic carbocycles. The van der Waals surface area contributed by atoms with Gasteiger partial charge in [-0.15, -0.1) is 0 Å². The first-order chi connectivity index (χ1) is 11.5. The van der Waals surface area contributed by atoms with Crippen LogP contribution in [0, 0.1) is 0 Å².